The van der Waals surface area contributed by atoms with Crippen molar-refractivity contribution in [1.29, 1.82) is 0 Å². The van der Waals surface area contributed by atoms with E-state index in [9.17, 15) is 4.79 Å². The van der Waals surface area contributed by atoms with E-state index in [1.807, 2.05) is 48.5 Å². The van der Waals surface area contributed by atoms with Crippen LogP contribution in [0.15, 0.2) is 48.5 Å². The van der Waals surface area contributed by atoms with Gasteiger partial charge in [0.25, 0.3) is 0 Å². The van der Waals surface area contributed by atoms with Crippen LogP contribution in [-0.2, 0) is 16.8 Å². The quantitative estimate of drug-likeness (QED) is 0.742. The van der Waals surface area contributed by atoms with E-state index in [4.69, 9.17) is 4.74 Å². The van der Waals surface area contributed by atoms with Gasteiger partial charge >= 0.3 is 0 Å². The van der Waals surface area contributed by atoms with Crippen molar-refractivity contribution in [2.75, 3.05) is 12.4 Å². The molecular weight excluding hydrogens is 326 g/mol. The third-order valence-electron chi connectivity index (χ3n) is 4.26. The normalized spacial score (nSPS) is 11.5. The number of amides is 1. The zero-order valence-electron chi connectivity index (χ0n) is 15.7. The number of para-hydroxylation sites is 2. The molecule has 0 aliphatic carbocycles. The van der Waals surface area contributed by atoms with Crippen molar-refractivity contribution in [1.82, 2.24) is 9.55 Å². The average molecular weight is 351 g/mol. The van der Waals surface area contributed by atoms with Crippen molar-refractivity contribution in [2.45, 2.75) is 39.2 Å². The highest BCUT2D eigenvalue weighted by molar-refractivity contribution is 5.91. The summed E-state index contributed by atoms with van der Waals surface area (Å²) in [7, 11) is 1.64. The predicted octanol–water partition coefficient (Wildman–Crippen LogP) is 4.37. The van der Waals surface area contributed by atoms with Crippen molar-refractivity contribution in [2.24, 2.45) is 0 Å². The molecule has 1 heterocycles. The molecule has 26 heavy (non-hydrogen) atoms. The number of methoxy groups -OCH3 is 1. The van der Waals surface area contributed by atoms with E-state index >= 15 is 0 Å². The molecule has 0 saturated carbocycles. The number of aryl methyl sites for hydroxylation is 1. The van der Waals surface area contributed by atoms with E-state index in [1.165, 1.54) is 0 Å². The number of carbonyl (C=O) groups is 1. The molecule has 0 fully saturated rings. The third kappa shape index (κ3) is 3.87. The molecule has 0 saturated heterocycles. The van der Waals surface area contributed by atoms with E-state index in [0.29, 0.717) is 18.8 Å². The smallest absolute Gasteiger partial charge is 0.227 e. The van der Waals surface area contributed by atoms with Gasteiger partial charge in [-0.15, -0.1) is 0 Å². The van der Waals surface area contributed by atoms with Crippen LogP contribution in [-0.4, -0.2) is 22.6 Å². The van der Waals surface area contributed by atoms with Crippen LogP contribution in [0.25, 0.3) is 11.0 Å². The number of hydrogen-bond acceptors (Lipinski definition) is 3. The molecule has 0 spiro atoms. The first kappa shape index (κ1) is 18.0. The van der Waals surface area contributed by atoms with Gasteiger partial charge in [-0.2, -0.15) is 0 Å². The van der Waals surface area contributed by atoms with Gasteiger partial charge in [0.05, 0.1) is 18.1 Å². The van der Waals surface area contributed by atoms with E-state index in [0.717, 1.165) is 22.3 Å². The summed E-state index contributed by atoms with van der Waals surface area (Å²) in [4.78, 5) is 17.1. The first-order chi connectivity index (χ1) is 12.4. The van der Waals surface area contributed by atoms with Crippen LogP contribution in [0.3, 0.4) is 0 Å². The Kier molecular flexibility index (Phi) is 4.98. The molecule has 0 aliphatic rings. The van der Waals surface area contributed by atoms with Crippen LogP contribution in [0.4, 0.5) is 5.95 Å². The van der Waals surface area contributed by atoms with Gasteiger partial charge in [-0.05, 0) is 57.0 Å². The Morgan fingerprint density at radius 1 is 1.15 bits per heavy atom. The van der Waals surface area contributed by atoms with Gasteiger partial charge in [0.2, 0.25) is 11.9 Å². The summed E-state index contributed by atoms with van der Waals surface area (Å²) in [5.41, 5.74) is 2.78. The summed E-state index contributed by atoms with van der Waals surface area (Å²) in [6.07, 6.45) is 1.04. The number of benzene rings is 2. The lowest BCUT2D eigenvalue weighted by atomic mass is 10.1. The van der Waals surface area contributed by atoms with E-state index in [1.54, 1.807) is 7.11 Å². The number of ether oxygens (including phenoxy) is 1. The Bertz CT molecular complexity index is 922. The second-order valence-corrected chi connectivity index (χ2v) is 7.33. The van der Waals surface area contributed by atoms with E-state index in [-0.39, 0.29) is 11.4 Å². The second kappa shape index (κ2) is 7.20. The molecule has 136 valence electrons. The van der Waals surface area contributed by atoms with Crippen molar-refractivity contribution in [3.05, 3.63) is 54.1 Å². The molecule has 0 bridgehead atoms. The van der Waals surface area contributed by atoms with Crippen LogP contribution in [0.5, 0.6) is 5.75 Å². The Morgan fingerprint density at radius 2 is 1.92 bits per heavy atom. The molecule has 0 aliphatic heterocycles. The molecular formula is C21H25N3O2. The summed E-state index contributed by atoms with van der Waals surface area (Å²) in [6.45, 7) is 6.31. The van der Waals surface area contributed by atoms with Gasteiger partial charge in [0.1, 0.15) is 5.75 Å². The molecule has 5 heteroatoms. The first-order valence-electron chi connectivity index (χ1n) is 8.79. The van der Waals surface area contributed by atoms with Crippen LogP contribution in [0.1, 0.15) is 32.8 Å². The highest BCUT2D eigenvalue weighted by atomic mass is 16.5. The monoisotopic (exact) mass is 351 g/mol. The Morgan fingerprint density at radius 3 is 2.65 bits per heavy atom. The molecule has 3 aromatic rings. The van der Waals surface area contributed by atoms with E-state index < -0.39 is 0 Å². The van der Waals surface area contributed by atoms with Gasteiger partial charge in [0, 0.05) is 12.0 Å². The highest BCUT2D eigenvalue weighted by Crippen LogP contribution is 2.28. The summed E-state index contributed by atoms with van der Waals surface area (Å²) >= 11 is 0. The van der Waals surface area contributed by atoms with Gasteiger partial charge in [0.15, 0.2) is 0 Å². The summed E-state index contributed by atoms with van der Waals surface area (Å²) in [5, 5.41) is 2.99. The average Bonchev–Trinajstić information content (AvgIpc) is 2.98. The topological polar surface area (TPSA) is 56.1 Å². The lowest BCUT2D eigenvalue weighted by molar-refractivity contribution is -0.116. The first-order valence-corrected chi connectivity index (χ1v) is 8.79. The third-order valence-corrected chi connectivity index (χ3v) is 4.26. The molecule has 2 aromatic carbocycles. The van der Waals surface area contributed by atoms with Gasteiger partial charge in [-0.25, -0.2) is 4.98 Å². The highest BCUT2D eigenvalue weighted by Gasteiger charge is 2.22. The van der Waals surface area contributed by atoms with Crippen LogP contribution >= 0.6 is 0 Å². The molecule has 5 nitrogen and oxygen atoms in total. The lowest BCUT2D eigenvalue weighted by Crippen LogP contribution is -2.26. The summed E-state index contributed by atoms with van der Waals surface area (Å²) in [6, 6.07) is 15.7. The SMILES string of the molecule is COc1cccc(CCC(=O)Nc2nc3ccccc3n2C(C)(C)C)c1. The molecule has 3 rings (SSSR count). The molecule has 0 atom stereocenters. The largest absolute Gasteiger partial charge is 0.497 e. The summed E-state index contributed by atoms with van der Waals surface area (Å²) < 4.78 is 7.31. The predicted molar refractivity (Wildman–Crippen MR) is 105 cm³/mol. The number of fused-ring (bicyclic) bond motifs is 1. The van der Waals surface area contributed by atoms with Crippen molar-refractivity contribution in [3.8, 4) is 5.75 Å². The number of anilines is 1. The minimum absolute atomic E-state index is 0.0476. The lowest BCUT2D eigenvalue weighted by Gasteiger charge is -2.24. The van der Waals surface area contributed by atoms with E-state index in [2.05, 4.69) is 35.6 Å². The van der Waals surface area contributed by atoms with Crippen LogP contribution in [0, 0.1) is 0 Å². The fourth-order valence-corrected chi connectivity index (χ4v) is 3.06. The Labute approximate surface area is 154 Å². The molecule has 1 aromatic heterocycles. The molecule has 1 N–H and O–H groups in total. The second-order valence-electron chi connectivity index (χ2n) is 7.33. The Hall–Kier alpha value is -2.82. The zero-order chi connectivity index (χ0) is 18.7. The minimum Gasteiger partial charge on any atom is -0.497 e. The maximum absolute atomic E-state index is 12.5. The number of rotatable bonds is 5. The molecule has 1 amide bonds. The maximum Gasteiger partial charge on any atom is 0.227 e. The van der Waals surface area contributed by atoms with Crippen molar-refractivity contribution >= 4 is 22.9 Å². The molecule has 0 unspecified atom stereocenters. The van der Waals surface area contributed by atoms with Gasteiger partial charge < -0.3 is 9.30 Å². The fraction of sp³-hybridized carbons (Fsp3) is 0.333. The van der Waals surface area contributed by atoms with Gasteiger partial charge in [-0.1, -0.05) is 24.3 Å². The molecule has 0 radical (unpaired) electrons. The van der Waals surface area contributed by atoms with Crippen molar-refractivity contribution in [3.63, 3.8) is 0 Å². The number of nitrogens with zero attached hydrogens (tertiary/aromatic N) is 2. The van der Waals surface area contributed by atoms with Gasteiger partial charge in [-0.3, -0.25) is 10.1 Å². The number of carbonyl (C=O) groups excluding carboxylic acids is 1. The maximum atomic E-state index is 12.5. The van der Waals surface area contributed by atoms with Crippen LogP contribution < -0.4 is 10.1 Å². The number of aromatic nitrogens is 2. The minimum atomic E-state index is -0.189. The Balaban J connectivity index is 1.77. The van der Waals surface area contributed by atoms with Crippen molar-refractivity contribution < 1.29 is 9.53 Å². The number of imidazole rings is 1. The number of nitrogens with one attached hydrogen (secondary N) is 1. The summed E-state index contributed by atoms with van der Waals surface area (Å²) in [5.74, 6) is 1.35. The fourth-order valence-electron chi connectivity index (χ4n) is 3.06. The number of hydrogen-bond donors (Lipinski definition) is 1. The standard InChI is InChI=1S/C21H25N3O2/c1-21(2,3)24-18-11-6-5-10-17(18)22-20(24)23-19(25)13-12-15-8-7-9-16(14-15)26-4/h5-11,14H,12-13H2,1-4H3,(H,22,23,25). The zero-order valence-corrected chi connectivity index (χ0v) is 15.7. The van der Waals surface area contributed by atoms with Crippen LogP contribution in [0.2, 0.25) is 0 Å².